The quantitative estimate of drug-likeness (QED) is 0.719. The summed E-state index contributed by atoms with van der Waals surface area (Å²) in [5.74, 6) is 2.35. The van der Waals surface area contributed by atoms with E-state index in [4.69, 9.17) is 9.73 Å². The van der Waals surface area contributed by atoms with Crippen molar-refractivity contribution >= 4 is 5.96 Å². The van der Waals surface area contributed by atoms with Crippen molar-refractivity contribution in [3.63, 3.8) is 0 Å². The third-order valence-corrected chi connectivity index (χ3v) is 5.58. The van der Waals surface area contributed by atoms with Gasteiger partial charge in [0.25, 0.3) is 0 Å². The fourth-order valence-electron chi connectivity index (χ4n) is 4.19. The van der Waals surface area contributed by atoms with Crippen molar-refractivity contribution in [2.45, 2.75) is 45.1 Å². The Bertz CT molecular complexity index is 708. The molecule has 4 heteroatoms. The number of allylic oxidation sites excluding steroid dienone is 3. The smallest absolute Gasteiger partial charge is 0.196 e. The molecule has 4 nitrogen and oxygen atoms in total. The molecule has 0 atom stereocenters. The third-order valence-electron chi connectivity index (χ3n) is 5.58. The minimum Gasteiger partial charge on any atom is -0.489 e. The van der Waals surface area contributed by atoms with Crippen LogP contribution < -0.4 is 0 Å². The molecule has 2 heterocycles. The van der Waals surface area contributed by atoms with Gasteiger partial charge in [-0.1, -0.05) is 36.4 Å². The molecule has 1 saturated heterocycles. The summed E-state index contributed by atoms with van der Waals surface area (Å²) in [5.41, 5.74) is 2.61. The van der Waals surface area contributed by atoms with Crippen LogP contribution in [-0.2, 0) is 11.3 Å². The Hall–Kier alpha value is -2.23. The van der Waals surface area contributed by atoms with Gasteiger partial charge < -0.3 is 14.5 Å². The Labute approximate surface area is 163 Å². The summed E-state index contributed by atoms with van der Waals surface area (Å²) in [6.07, 6.45) is 11.6. The first-order chi connectivity index (χ1) is 13.4. The summed E-state index contributed by atoms with van der Waals surface area (Å²) < 4.78 is 6.16. The van der Waals surface area contributed by atoms with E-state index in [0.717, 1.165) is 51.1 Å². The largest absolute Gasteiger partial charge is 0.489 e. The third kappa shape index (κ3) is 4.74. The average molecular weight is 366 g/mol. The number of ether oxygens (including phenoxy) is 1. The van der Waals surface area contributed by atoms with E-state index in [9.17, 15) is 0 Å². The summed E-state index contributed by atoms with van der Waals surface area (Å²) in [6.45, 7) is 6.26. The summed E-state index contributed by atoms with van der Waals surface area (Å²) in [4.78, 5) is 9.77. The Balaban J connectivity index is 1.28. The van der Waals surface area contributed by atoms with Crippen LogP contribution in [0.25, 0.3) is 0 Å². The van der Waals surface area contributed by atoms with Gasteiger partial charge in [0, 0.05) is 32.7 Å². The molecule has 0 bridgehead atoms. The van der Waals surface area contributed by atoms with Crippen LogP contribution in [0.5, 0.6) is 0 Å². The molecule has 144 valence electrons. The first kappa shape index (κ1) is 18.1. The van der Waals surface area contributed by atoms with Crippen LogP contribution in [-0.4, -0.2) is 48.5 Å². The van der Waals surface area contributed by atoms with Crippen molar-refractivity contribution in [1.82, 2.24) is 9.80 Å². The fourth-order valence-corrected chi connectivity index (χ4v) is 4.19. The predicted octanol–water partition coefficient (Wildman–Crippen LogP) is 4.35. The highest BCUT2D eigenvalue weighted by molar-refractivity contribution is 5.81. The highest BCUT2D eigenvalue weighted by Gasteiger charge is 2.25. The molecule has 1 aliphatic carbocycles. The van der Waals surface area contributed by atoms with E-state index in [1.165, 1.54) is 43.0 Å². The SMILES string of the molecule is C1=C(CCCN2CCCN3CCCN=C32)C(OCc2ccccc2)=CCC1. The molecule has 2 aliphatic heterocycles. The number of hydrogen-bond acceptors (Lipinski definition) is 4. The van der Waals surface area contributed by atoms with Crippen LogP contribution in [0.4, 0.5) is 0 Å². The second-order valence-electron chi connectivity index (χ2n) is 7.62. The lowest BCUT2D eigenvalue weighted by Gasteiger charge is -2.41. The standard InChI is InChI=1S/C23H31N3O/c1-2-9-20(10-3-1)19-27-22-13-5-4-11-21(22)12-6-15-25-17-8-18-26-16-7-14-24-23(25)26/h1-3,9-11,13H,4-8,12,14-19H2. The maximum absolute atomic E-state index is 6.16. The monoisotopic (exact) mass is 365 g/mol. The molecular formula is C23H31N3O. The van der Waals surface area contributed by atoms with E-state index in [2.05, 4.69) is 46.2 Å². The molecule has 0 unspecified atom stereocenters. The highest BCUT2D eigenvalue weighted by atomic mass is 16.5. The lowest BCUT2D eigenvalue weighted by atomic mass is 10.0. The van der Waals surface area contributed by atoms with Gasteiger partial charge in [-0.15, -0.1) is 0 Å². The van der Waals surface area contributed by atoms with E-state index < -0.39 is 0 Å². The maximum Gasteiger partial charge on any atom is 0.196 e. The van der Waals surface area contributed by atoms with Crippen molar-refractivity contribution < 1.29 is 4.74 Å². The number of guanidine groups is 1. The first-order valence-electron chi connectivity index (χ1n) is 10.5. The van der Waals surface area contributed by atoms with Gasteiger partial charge in [-0.25, -0.2) is 0 Å². The number of rotatable bonds is 7. The molecule has 0 amide bonds. The predicted molar refractivity (Wildman–Crippen MR) is 111 cm³/mol. The fraction of sp³-hybridized carbons (Fsp3) is 0.522. The molecule has 0 radical (unpaired) electrons. The average Bonchev–Trinajstić information content (AvgIpc) is 2.74. The minimum absolute atomic E-state index is 0.655. The van der Waals surface area contributed by atoms with Crippen LogP contribution in [0.2, 0.25) is 0 Å². The molecule has 1 aromatic carbocycles. The number of benzene rings is 1. The van der Waals surface area contributed by atoms with Crippen LogP contribution in [0.1, 0.15) is 44.1 Å². The Kier molecular flexibility index (Phi) is 6.13. The number of nitrogens with zero attached hydrogens (tertiary/aromatic N) is 3. The van der Waals surface area contributed by atoms with E-state index in [1.54, 1.807) is 0 Å². The van der Waals surface area contributed by atoms with Gasteiger partial charge in [0.15, 0.2) is 5.96 Å². The second-order valence-corrected chi connectivity index (χ2v) is 7.62. The lowest BCUT2D eigenvalue weighted by molar-refractivity contribution is 0.201. The first-order valence-corrected chi connectivity index (χ1v) is 10.5. The lowest BCUT2D eigenvalue weighted by Crippen LogP contribution is -2.52. The topological polar surface area (TPSA) is 28.1 Å². The summed E-state index contributed by atoms with van der Waals surface area (Å²) >= 11 is 0. The number of aliphatic imine (C=N–C) groups is 1. The molecule has 0 spiro atoms. The van der Waals surface area contributed by atoms with E-state index in [0.29, 0.717) is 6.61 Å². The molecule has 0 saturated carbocycles. The molecule has 27 heavy (non-hydrogen) atoms. The van der Waals surface area contributed by atoms with Crippen LogP contribution in [0, 0.1) is 0 Å². The van der Waals surface area contributed by atoms with Crippen molar-refractivity contribution in [2.24, 2.45) is 4.99 Å². The van der Waals surface area contributed by atoms with Gasteiger partial charge in [-0.3, -0.25) is 4.99 Å². The molecular weight excluding hydrogens is 334 g/mol. The molecule has 3 aliphatic rings. The summed E-state index contributed by atoms with van der Waals surface area (Å²) in [6, 6.07) is 10.4. The van der Waals surface area contributed by atoms with Gasteiger partial charge in [-0.2, -0.15) is 0 Å². The maximum atomic E-state index is 6.16. The summed E-state index contributed by atoms with van der Waals surface area (Å²) in [5, 5.41) is 0. The van der Waals surface area contributed by atoms with Gasteiger partial charge in [0.05, 0.1) is 0 Å². The van der Waals surface area contributed by atoms with E-state index in [-0.39, 0.29) is 0 Å². The Morgan fingerprint density at radius 3 is 2.74 bits per heavy atom. The minimum atomic E-state index is 0.655. The molecule has 1 aromatic rings. The van der Waals surface area contributed by atoms with Crippen LogP contribution in [0.15, 0.2) is 58.8 Å². The second kappa shape index (κ2) is 9.12. The Morgan fingerprint density at radius 1 is 0.963 bits per heavy atom. The summed E-state index contributed by atoms with van der Waals surface area (Å²) in [7, 11) is 0. The van der Waals surface area contributed by atoms with Gasteiger partial charge >= 0.3 is 0 Å². The normalized spacial score (nSPS) is 19.8. The van der Waals surface area contributed by atoms with E-state index >= 15 is 0 Å². The number of hydrogen-bond donors (Lipinski definition) is 0. The molecule has 1 fully saturated rings. The van der Waals surface area contributed by atoms with Crippen molar-refractivity contribution in [3.8, 4) is 0 Å². The van der Waals surface area contributed by atoms with Crippen molar-refractivity contribution in [2.75, 3.05) is 32.7 Å². The molecule has 0 N–H and O–H groups in total. The number of fused-ring (bicyclic) bond motifs is 1. The van der Waals surface area contributed by atoms with Crippen molar-refractivity contribution in [3.05, 3.63) is 59.4 Å². The van der Waals surface area contributed by atoms with Crippen LogP contribution >= 0.6 is 0 Å². The molecule has 4 rings (SSSR count). The Morgan fingerprint density at radius 2 is 1.81 bits per heavy atom. The zero-order valence-corrected chi connectivity index (χ0v) is 16.3. The molecule has 0 aromatic heterocycles. The van der Waals surface area contributed by atoms with E-state index in [1.807, 2.05) is 6.07 Å². The zero-order valence-electron chi connectivity index (χ0n) is 16.3. The van der Waals surface area contributed by atoms with Gasteiger partial charge in [0.2, 0.25) is 0 Å². The van der Waals surface area contributed by atoms with Crippen LogP contribution in [0.3, 0.4) is 0 Å². The zero-order chi connectivity index (χ0) is 18.3. The van der Waals surface area contributed by atoms with Gasteiger partial charge in [-0.05, 0) is 55.7 Å². The highest BCUT2D eigenvalue weighted by Crippen LogP contribution is 2.25. The van der Waals surface area contributed by atoms with Crippen molar-refractivity contribution in [1.29, 1.82) is 0 Å². The van der Waals surface area contributed by atoms with Gasteiger partial charge in [0.1, 0.15) is 12.4 Å².